The molecule has 0 aromatic carbocycles. The summed E-state index contributed by atoms with van der Waals surface area (Å²) in [4.78, 5) is 23.6. The lowest BCUT2D eigenvalue weighted by Gasteiger charge is -1.79. The average molecular weight is 177 g/mol. The maximum Gasteiger partial charge on any atom is 0.349 e. The first-order valence-electron chi connectivity index (χ1n) is 1.79. The highest BCUT2D eigenvalue weighted by molar-refractivity contribution is 9.19. The average Bonchev–Trinajstić information content (AvgIpc) is 1.85. The van der Waals surface area contributed by atoms with Gasteiger partial charge in [-0.2, -0.15) is 4.99 Å². The fourth-order valence-corrected chi connectivity index (χ4v) is 0.577. The molecule has 0 atom stereocenters. The number of carbonyl (C=O) groups excluding carboxylic acids is 2. The Labute approximate surface area is 53.1 Å². The molecule has 0 saturated carbocycles. The van der Waals surface area contributed by atoms with Gasteiger partial charge in [0.2, 0.25) is 0 Å². The molecule has 0 saturated heterocycles. The number of carbonyl (C=O) groups is 2. The standard InChI is InChI=1S/C3HBrN2O2/c4-1-2(7)6-3(8)5-1/h(H,6,7,8). The number of nitrogens with one attached hydrogen (secondary N) is 1. The molecule has 0 bridgehead atoms. The Kier molecular flexibility index (Phi) is 1.13. The summed E-state index contributed by atoms with van der Waals surface area (Å²) >= 11 is 2.76. The highest BCUT2D eigenvalue weighted by Gasteiger charge is 2.19. The first kappa shape index (κ1) is 5.43. The molecule has 0 fully saturated rings. The smallest absolute Gasteiger partial charge is 0.270 e. The Bertz CT molecular complexity index is 186. The Morgan fingerprint density at radius 2 is 2.12 bits per heavy atom. The summed E-state index contributed by atoms with van der Waals surface area (Å²) < 4.78 is 0.0440. The maximum atomic E-state index is 10.3. The van der Waals surface area contributed by atoms with Crippen LogP contribution in [0.2, 0.25) is 0 Å². The molecule has 3 amide bonds. The molecule has 0 spiro atoms. The Balaban J connectivity index is 2.88. The zero-order valence-corrected chi connectivity index (χ0v) is 5.23. The van der Waals surface area contributed by atoms with Crippen molar-refractivity contribution in [3.63, 3.8) is 0 Å². The number of hydrogen-bond acceptors (Lipinski definition) is 2. The van der Waals surface area contributed by atoms with E-state index in [1.807, 2.05) is 5.32 Å². The largest absolute Gasteiger partial charge is 0.349 e. The third kappa shape index (κ3) is 0.764. The van der Waals surface area contributed by atoms with Crippen LogP contribution in [0.3, 0.4) is 0 Å². The van der Waals surface area contributed by atoms with Crippen LogP contribution < -0.4 is 5.32 Å². The Hall–Kier alpha value is -0.710. The number of aliphatic imine (C=N–C) groups is 1. The van der Waals surface area contributed by atoms with Gasteiger partial charge in [0.15, 0.2) is 4.62 Å². The molecular formula is C3HBrN2O2. The Morgan fingerprint density at radius 3 is 2.25 bits per heavy atom. The summed E-state index contributed by atoms with van der Waals surface area (Å²) in [6.45, 7) is 0. The monoisotopic (exact) mass is 176 g/mol. The number of imide groups is 1. The Morgan fingerprint density at radius 1 is 1.50 bits per heavy atom. The molecule has 8 heavy (non-hydrogen) atoms. The van der Waals surface area contributed by atoms with Gasteiger partial charge in [-0.25, -0.2) is 4.79 Å². The molecule has 0 radical (unpaired) electrons. The van der Waals surface area contributed by atoms with E-state index in [0.717, 1.165) is 0 Å². The maximum absolute atomic E-state index is 10.3. The van der Waals surface area contributed by atoms with Crippen molar-refractivity contribution in [3.8, 4) is 0 Å². The number of halogens is 1. The molecule has 1 aliphatic heterocycles. The van der Waals surface area contributed by atoms with Crippen LogP contribution in [0.25, 0.3) is 0 Å². The summed E-state index contributed by atoms with van der Waals surface area (Å²) in [5.41, 5.74) is 0. The van der Waals surface area contributed by atoms with Gasteiger partial charge in [0.1, 0.15) is 0 Å². The predicted octanol–water partition coefficient (Wildman–Crippen LogP) is 0.0296. The summed E-state index contributed by atoms with van der Waals surface area (Å²) in [5, 5.41) is 1.94. The van der Waals surface area contributed by atoms with E-state index < -0.39 is 11.9 Å². The van der Waals surface area contributed by atoms with Crippen molar-refractivity contribution in [1.29, 1.82) is 0 Å². The molecule has 0 aliphatic carbocycles. The molecule has 0 unspecified atom stereocenters. The minimum absolute atomic E-state index is 0.0440. The first-order valence-corrected chi connectivity index (χ1v) is 2.59. The summed E-state index contributed by atoms with van der Waals surface area (Å²) in [6, 6.07) is -0.609. The van der Waals surface area contributed by atoms with Crippen LogP contribution in [0.15, 0.2) is 4.99 Å². The van der Waals surface area contributed by atoms with E-state index in [1.54, 1.807) is 0 Å². The molecule has 4 nitrogen and oxygen atoms in total. The van der Waals surface area contributed by atoms with Crippen molar-refractivity contribution in [1.82, 2.24) is 5.32 Å². The normalized spacial score (nSPS) is 18.4. The second-order valence-electron chi connectivity index (χ2n) is 1.16. The fraction of sp³-hybridized carbons (Fsp3) is 0. The summed E-state index contributed by atoms with van der Waals surface area (Å²) in [5.74, 6) is -0.477. The number of nitrogens with zero attached hydrogens (tertiary/aromatic N) is 1. The van der Waals surface area contributed by atoms with E-state index in [0.29, 0.717) is 0 Å². The SMILES string of the molecule is O=C1N=C(Br)C(=O)N1. The molecular weight excluding hydrogens is 176 g/mol. The van der Waals surface area contributed by atoms with E-state index >= 15 is 0 Å². The van der Waals surface area contributed by atoms with Crippen molar-refractivity contribution >= 4 is 32.5 Å². The van der Waals surface area contributed by atoms with Gasteiger partial charge >= 0.3 is 6.03 Å². The molecule has 1 rings (SSSR count). The highest BCUT2D eigenvalue weighted by Crippen LogP contribution is 1.97. The number of rotatable bonds is 0. The second-order valence-corrected chi connectivity index (χ2v) is 1.91. The van der Waals surface area contributed by atoms with E-state index in [-0.39, 0.29) is 4.62 Å². The van der Waals surface area contributed by atoms with Gasteiger partial charge in [0, 0.05) is 0 Å². The van der Waals surface area contributed by atoms with Gasteiger partial charge in [0.05, 0.1) is 0 Å². The molecule has 1 N–H and O–H groups in total. The molecule has 5 heteroatoms. The molecule has 1 heterocycles. The van der Waals surface area contributed by atoms with Gasteiger partial charge < -0.3 is 0 Å². The van der Waals surface area contributed by atoms with Crippen LogP contribution >= 0.6 is 15.9 Å². The molecule has 0 aromatic rings. The van der Waals surface area contributed by atoms with Crippen LogP contribution in [0.5, 0.6) is 0 Å². The van der Waals surface area contributed by atoms with Crippen molar-refractivity contribution in [2.75, 3.05) is 0 Å². The van der Waals surface area contributed by atoms with E-state index in [9.17, 15) is 9.59 Å². The first-order chi connectivity index (χ1) is 3.70. The van der Waals surface area contributed by atoms with E-state index in [2.05, 4.69) is 20.9 Å². The zero-order chi connectivity index (χ0) is 6.15. The van der Waals surface area contributed by atoms with Gasteiger partial charge in [-0.1, -0.05) is 0 Å². The topological polar surface area (TPSA) is 58.5 Å². The van der Waals surface area contributed by atoms with Crippen molar-refractivity contribution in [2.24, 2.45) is 4.99 Å². The van der Waals surface area contributed by atoms with Gasteiger partial charge in [-0.3, -0.25) is 10.1 Å². The van der Waals surface area contributed by atoms with Crippen LogP contribution in [-0.2, 0) is 4.79 Å². The van der Waals surface area contributed by atoms with Crippen molar-refractivity contribution in [2.45, 2.75) is 0 Å². The highest BCUT2D eigenvalue weighted by atomic mass is 79.9. The lowest BCUT2D eigenvalue weighted by molar-refractivity contribution is -0.113. The van der Waals surface area contributed by atoms with E-state index in [1.165, 1.54) is 0 Å². The predicted molar refractivity (Wildman–Crippen MR) is 29.9 cm³/mol. The summed E-state index contributed by atoms with van der Waals surface area (Å²) in [7, 11) is 0. The van der Waals surface area contributed by atoms with Crippen molar-refractivity contribution < 1.29 is 9.59 Å². The van der Waals surface area contributed by atoms with Crippen LogP contribution in [0.4, 0.5) is 4.79 Å². The minimum atomic E-state index is -0.609. The van der Waals surface area contributed by atoms with E-state index in [4.69, 9.17) is 0 Å². The lowest BCUT2D eigenvalue weighted by atomic mass is 10.7. The molecule has 1 aliphatic rings. The second kappa shape index (κ2) is 1.66. The third-order valence-electron chi connectivity index (χ3n) is 0.608. The number of hydrogen-bond donors (Lipinski definition) is 1. The number of amides is 3. The van der Waals surface area contributed by atoms with Crippen LogP contribution in [0.1, 0.15) is 0 Å². The fourth-order valence-electron chi connectivity index (χ4n) is 0.317. The quantitative estimate of drug-likeness (QED) is 0.567. The molecule has 42 valence electrons. The van der Waals surface area contributed by atoms with Gasteiger partial charge in [0.25, 0.3) is 5.91 Å². The molecule has 0 aromatic heterocycles. The van der Waals surface area contributed by atoms with Crippen LogP contribution in [-0.4, -0.2) is 16.6 Å². The van der Waals surface area contributed by atoms with Crippen LogP contribution in [0, 0.1) is 0 Å². The lowest BCUT2D eigenvalue weighted by Crippen LogP contribution is -2.22. The minimum Gasteiger partial charge on any atom is -0.270 e. The van der Waals surface area contributed by atoms with Gasteiger partial charge in [-0.05, 0) is 15.9 Å². The van der Waals surface area contributed by atoms with Crippen molar-refractivity contribution in [3.05, 3.63) is 0 Å². The summed E-state index contributed by atoms with van der Waals surface area (Å²) in [6.07, 6.45) is 0. The zero-order valence-electron chi connectivity index (χ0n) is 3.64. The number of urea groups is 1. The van der Waals surface area contributed by atoms with Gasteiger partial charge in [-0.15, -0.1) is 0 Å². The third-order valence-corrected chi connectivity index (χ3v) is 1.14.